The van der Waals surface area contributed by atoms with E-state index in [-0.39, 0.29) is 18.0 Å². The first-order valence-corrected chi connectivity index (χ1v) is 6.42. The molecule has 3 rings (SSSR count). The van der Waals surface area contributed by atoms with Crippen LogP contribution in [-0.4, -0.2) is 17.3 Å². The first-order chi connectivity index (χ1) is 9.21. The van der Waals surface area contributed by atoms with Gasteiger partial charge in [-0.25, -0.2) is 4.39 Å². The Labute approximate surface area is 111 Å². The first-order valence-electron chi connectivity index (χ1n) is 6.42. The predicted molar refractivity (Wildman–Crippen MR) is 73.7 cm³/mol. The lowest BCUT2D eigenvalue weighted by Crippen LogP contribution is -2.43. The Kier molecular flexibility index (Phi) is 2.99. The van der Waals surface area contributed by atoms with Crippen molar-refractivity contribution in [2.75, 3.05) is 11.9 Å². The maximum atomic E-state index is 12.9. The van der Waals surface area contributed by atoms with E-state index in [9.17, 15) is 9.50 Å². The molecule has 0 aromatic heterocycles. The lowest BCUT2D eigenvalue weighted by atomic mass is 9.96. The van der Waals surface area contributed by atoms with Gasteiger partial charge in [-0.15, -0.1) is 0 Å². The van der Waals surface area contributed by atoms with Gasteiger partial charge in [0, 0.05) is 5.69 Å². The Morgan fingerprint density at radius 1 is 1.00 bits per heavy atom. The van der Waals surface area contributed by atoms with Crippen LogP contribution in [0.4, 0.5) is 10.1 Å². The van der Waals surface area contributed by atoms with E-state index >= 15 is 0 Å². The fourth-order valence-corrected chi connectivity index (χ4v) is 2.77. The quantitative estimate of drug-likeness (QED) is 0.886. The molecule has 0 saturated heterocycles. The molecule has 0 amide bonds. The van der Waals surface area contributed by atoms with Crippen molar-refractivity contribution in [3.63, 3.8) is 0 Å². The number of nitrogens with one attached hydrogen (secondary N) is 1. The average Bonchev–Trinajstić information content (AvgIpc) is 2.80. The fraction of sp³-hybridized carbons (Fsp3) is 0.250. The molecule has 0 heterocycles. The van der Waals surface area contributed by atoms with E-state index < -0.39 is 0 Å². The Bertz CT molecular complexity index is 555. The molecule has 19 heavy (non-hydrogen) atoms. The van der Waals surface area contributed by atoms with Crippen molar-refractivity contribution in [3.8, 4) is 0 Å². The van der Waals surface area contributed by atoms with Crippen LogP contribution < -0.4 is 5.32 Å². The van der Waals surface area contributed by atoms with Crippen molar-refractivity contribution in [2.24, 2.45) is 0 Å². The second-order valence-corrected chi connectivity index (χ2v) is 5.19. The minimum Gasteiger partial charge on any atom is -0.394 e. The Balaban J connectivity index is 1.84. The Morgan fingerprint density at radius 2 is 1.58 bits per heavy atom. The van der Waals surface area contributed by atoms with Crippen molar-refractivity contribution in [3.05, 3.63) is 65.5 Å². The number of fused-ring (bicyclic) bond motifs is 1. The number of hydrogen-bond donors (Lipinski definition) is 2. The molecular weight excluding hydrogens is 241 g/mol. The van der Waals surface area contributed by atoms with Gasteiger partial charge >= 0.3 is 0 Å². The minimum absolute atomic E-state index is 0.0546. The monoisotopic (exact) mass is 257 g/mol. The van der Waals surface area contributed by atoms with E-state index in [1.165, 1.54) is 23.3 Å². The Hall–Kier alpha value is -1.87. The van der Waals surface area contributed by atoms with Crippen LogP contribution in [-0.2, 0) is 12.8 Å². The van der Waals surface area contributed by atoms with E-state index in [0.717, 1.165) is 18.5 Å². The highest BCUT2D eigenvalue weighted by Crippen LogP contribution is 2.32. The van der Waals surface area contributed by atoms with Crippen LogP contribution in [0.25, 0.3) is 0 Å². The minimum atomic E-state index is -0.373. The van der Waals surface area contributed by atoms with Crippen LogP contribution in [0.2, 0.25) is 0 Å². The van der Waals surface area contributed by atoms with Gasteiger partial charge in [-0.3, -0.25) is 0 Å². The lowest BCUT2D eigenvalue weighted by Gasteiger charge is -2.29. The number of halogens is 1. The van der Waals surface area contributed by atoms with Crippen molar-refractivity contribution >= 4 is 5.69 Å². The molecular formula is C16H16FNO. The summed E-state index contributed by atoms with van der Waals surface area (Å²) in [6.07, 6.45) is 1.58. The zero-order valence-corrected chi connectivity index (χ0v) is 10.6. The maximum absolute atomic E-state index is 12.9. The summed E-state index contributed by atoms with van der Waals surface area (Å²) in [4.78, 5) is 0. The van der Waals surface area contributed by atoms with Gasteiger partial charge < -0.3 is 10.4 Å². The molecule has 0 aliphatic heterocycles. The largest absolute Gasteiger partial charge is 0.394 e. The first kappa shape index (κ1) is 12.2. The van der Waals surface area contributed by atoms with Crippen LogP contribution >= 0.6 is 0 Å². The number of hydrogen-bond acceptors (Lipinski definition) is 2. The average molecular weight is 257 g/mol. The van der Waals surface area contributed by atoms with Crippen LogP contribution in [0.1, 0.15) is 11.1 Å². The summed E-state index contributed by atoms with van der Waals surface area (Å²) in [5.41, 5.74) is 3.00. The molecule has 2 nitrogen and oxygen atoms in total. The summed E-state index contributed by atoms with van der Waals surface area (Å²) in [5.74, 6) is -0.252. The standard InChI is InChI=1S/C16H16FNO/c17-14-5-7-15(8-6-14)18-16(11-19)9-12-3-1-2-4-13(12)10-16/h1-8,18-19H,9-11H2. The second-order valence-electron chi connectivity index (χ2n) is 5.19. The molecule has 0 saturated carbocycles. The summed E-state index contributed by atoms with van der Waals surface area (Å²) in [7, 11) is 0. The van der Waals surface area contributed by atoms with E-state index in [1.807, 2.05) is 12.1 Å². The molecule has 2 N–H and O–H groups in total. The van der Waals surface area contributed by atoms with Gasteiger partial charge in [0.05, 0.1) is 12.1 Å². The molecule has 0 radical (unpaired) electrons. The third kappa shape index (κ3) is 2.34. The van der Waals surface area contributed by atoms with Crippen molar-refractivity contribution in [1.82, 2.24) is 0 Å². The molecule has 1 aliphatic carbocycles. The van der Waals surface area contributed by atoms with Gasteiger partial charge in [-0.1, -0.05) is 24.3 Å². The van der Waals surface area contributed by atoms with E-state index in [0.29, 0.717) is 0 Å². The number of benzene rings is 2. The molecule has 3 heteroatoms. The zero-order valence-electron chi connectivity index (χ0n) is 10.6. The van der Waals surface area contributed by atoms with Crippen molar-refractivity contribution in [1.29, 1.82) is 0 Å². The topological polar surface area (TPSA) is 32.3 Å². The summed E-state index contributed by atoms with van der Waals surface area (Å²) in [5, 5.41) is 13.1. The molecule has 0 unspecified atom stereocenters. The molecule has 98 valence electrons. The van der Waals surface area contributed by atoms with Crippen LogP contribution in [0.15, 0.2) is 48.5 Å². The highest BCUT2D eigenvalue weighted by Gasteiger charge is 2.36. The summed E-state index contributed by atoms with van der Waals surface area (Å²) < 4.78 is 12.9. The molecule has 1 aliphatic rings. The van der Waals surface area contributed by atoms with Gasteiger partial charge in [0.2, 0.25) is 0 Å². The van der Waals surface area contributed by atoms with Crippen molar-refractivity contribution in [2.45, 2.75) is 18.4 Å². The van der Waals surface area contributed by atoms with Crippen LogP contribution in [0, 0.1) is 5.82 Å². The third-order valence-electron chi connectivity index (χ3n) is 3.73. The van der Waals surface area contributed by atoms with Crippen LogP contribution in [0.5, 0.6) is 0 Å². The van der Waals surface area contributed by atoms with Gasteiger partial charge in [0.25, 0.3) is 0 Å². The molecule has 0 fully saturated rings. The fourth-order valence-electron chi connectivity index (χ4n) is 2.77. The van der Waals surface area contributed by atoms with E-state index in [1.54, 1.807) is 12.1 Å². The SMILES string of the molecule is OCC1(Nc2ccc(F)cc2)Cc2ccccc2C1. The summed E-state index contributed by atoms with van der Waals surface area (Å²) in [6.45, 7) is 0.0546. The van der Waals surface area contributed by atoms with Gasteiger partial charge in [0.1, 0.15) is 5.82 Å². The number of aliphatic hydroxyl groups is 1. The van der Waals surface area contributed by atoms with E-state index in [4.69, 9.17) is 0 Å². The maximum Gasteiger partial charge on any atom is 0.123 e. The highest BCUT2D eigenvalue weighted by molar-refractivity contribution is 5.49. The van der Waals surface area contributed by atoms with Gasteiger partial charge in [-0.05, 0) is 48.2 Å². The van der Waals surface area contributed by atoms with Gasteiger partial charge in [-0.2, -0.15) is 0 Å². The summed E-state index contributed by atoms with van der Waals surface area (Å²) in [6, 6.07) is 14.5. The second kappa shape index (κ2) is 4.67. The van der Waals surface area contributed by atoms with Crippen molar-refractivity contribution < 1.29 is 9.50 Å². The number of aliphatic hydroxyl groups excluding tert-OH is 1. The Morgan fingerprint density at radius 3 is 2.11 bits per heavy atom. The number of rotatable bonds is 3. The van der Waals surface area contributed by atoms with E-state index in [2.05, 4.69) is 17.4 Å². The molecule has 2 aromatic rings. The normalized spacial score (nSPS) is 16.1. The molecule has 2 aromatic carbocycles. The zero-order chi connectivity index (χ0) is 13.3. The predicted octanol–water partition coefficient (Wildman–Crippen LogP) is 2.77. The smallest absolute Gasteiger partial charge is 0.123 e. The van der Waals surface area contributed by atoms with Crippen LogP contribution in [0.3, 0.4) is 0 Å². The highest BCUT2D eigenvalue weighted by atomic mass is 19.1. The lowest BCUT2D eigenvalue weighted by molar-refractivity contribution is 0.216. The molecule has 0 atom stereocenters. The molecule has 0 spiro atoms. The third-order valence-corrected chi connectivity index (χ3v) is 3.73. The van der Waals surface area contributed by atoms with Gasteiger partial charge in [0.15, 0.2) is 0 Å². The number of anilines is 1. The summed E-state index contributed by atoms with van der Waals surface area (Å²) >= 11 is 0. The molecule has 0 bridgehead atoms.